The molecule has 0 aliphatic rings. The maximum absolute atomic E-state index is 4.39. The van der Waals surface area contributed by atoms with Gasteiger partial charge in [0, 0.05) is 33.0 Å². The molecule has 2 aromatic rings. The number of thiazole rings is 1. The highest BCUT2D eigenvalue weighted by Crippen LogP contribution is 2.29. The first-order valence-electron chi connectivity index (χ1n) is 6.27. The molecule has 0 saturated heterocycles. The fraction of sp³-hybridized carbons (Fsp3) is 0.357. The van der Waals surface area contributed by atoms with Gasteiger partial charge < -0.3 is 5.32 Å². The molecule has 1 unspecified atom stereocenters. The van der Waals surface area contributed by atoms with Crippen molar-refractivity contribution in [3.8, 4) is 0 Å². The molecular weight excluding hydrogens is 388 g/mol. The summed E-state index contributed by atoms with van der Waals surface area (Å²) >= 11 is 8.91. The van der Waals surface area contributed by atoms with Gasteiger partial charge in [-0.25, -0.2) is 4.98 Å². The van der Waals surface area contributed by atoms with Gasteiger partial charge in [-0.15, -0.1) is 11.3 Å². The minimum Gasteiger partial charge on any atom is -0.310 e. The Kier molecular flexibility index (Phi) is 6.01. The summed E-state index contributed by atoms with van der Waals surface area (Å²) in [6.45, 7) is 3.19. The van der Waals surface area contributed by atoms with Gasteiger partial charge in [0.1, 0.15) is 0 Å². The Morgan fingerprint density at radius 1 is 1.37 bits per heavy atom. The number of hydrogen-bond acceptors (Lipinski definition) is 3. The summed E-state index contributed by atoms with van der Waals surface area (Å²) in [5.74, 6) is 0. The van der Waals surface area contributed by atoms with E-state index in [9.17, 15) is 0 Å². The molecule has 2 nitrogen and oxygen atoms in total. The smallest absolute Gasteiger partial charge is 0.0943 e. The topological polar surface area (TPSA) is 24.9 Å². The summed E-state index contributed by atoms with van der Waals surface area (Å²) in [6.07, 6.45) is 3.92. The van der Waals surface area contributed by atoms with Gasteiger partial charge >= 0.3 is 0 Å². The number of rotatable bonds is 6. The Morgan fingerprint density at radius 3 is 2.89 bits per heavy atom. The third-order valence-electron chi connectivity index (χ3n) is 2.84. The van der Waals surface area contributed by atoms with Crippen molar-refractivity contribution in [2.75, 3.05) is 6.54 Å². The van der Waals surface area contributed by atoms with E-state index in [0.29, 0.717) is 0 Å². The minimum atomic E-state index is 0.290. The predicted octanol–water partition coefficient (Wildman–Crippen LogP) is 4.95. The normalized spacial score (nSPS) is 12.6. The van der Waals surface area contributed by atoms with Crippen molar-refractivity contribution in [1.29, 1.82) is 0 Å². The molecule has 2 rings (SSSR count). The Labute approximate surface area is 134 Å². The Hall–Kier alpha value is -0.230. The molecule has 0 saturated carbocycles. The second kappa shape index (κ2) is 7.53. The molecule has 0 radical (unpaired) electrons. The zero-order valence-corrected chi connectivity index (χ0v) is 14.7. The number of nitrogens with zero attached hydrogens (tertiary/aromatic N) is 1. The van der Waals surface area contributed by atoms with E-state index in [2.05, 4.69) is 61.2 Å². The van der Waals surface area contributed by atoms with E-state index in [0.717, 1.165) is 28.3 Å². The van der Waals surface area contributed by atoms with Crippen molar-refractivity contribution in [2.24, 2.45) is 0 Å². The van der Waals surface area contributed by atoms with Crippen LogP contribution in [0.2, 0.25) is 0 Å². The van der Waals surface area contributed by atoms with E-state index in [-0.39, 0.29) is 6.04 Å². The van der Waals surface area contributed by atoms with Crippen LogP contribution >= 0.6 is 43.2 Å². The summed E-state index contributed by atoms with van der Waals surface area (Å²) in [5.41, 5.74) is 1.28. The number of nitrogens with one attached hydrogen (secondary N) is 1. The van der Waals surface area contributed by atoms with E-state index in [1.165, 1.54) is 10.6 Å². The fourth-order valence-electron chi connectivity index (χ4n) is 1.92. The molecule has 0 spiro atoms. The van der Waals surface area contributed by atoms with Crippen molar-refractivity contribution < 1.29 is 0 Å². The van der Waals surface area contributed by atoms with Crippen LogP contribution in [0.5, 0.6) is 0 Å². The average molecular weight is 404 g/mol. The lowest BCUT2D eigenvalue weighted by Gasteiger charge is -2.19. The molecule has 0 aliphatic carbocycles. The predicted molar refractivity (Wildman–Crippen MR) is 88.7 cm³/mol. The van der Waals surface area contributed by atoms with E-state index in [1.54, 1.807) is 11.3 Å². The minimum absolute atomic E-state index is 0.290. The van der Waals surface area contributed by atoms with Crippen LogP contribution in [0.15, 0.2) is 38.7 Å². The standard InChI is InChI=1S/C14H16Br2N2S/c1-2-5-17-13(9-14-18-6-7-19-14)11-8-10(15)3-4-12(11)16/h3-4,6-8,13,17H,2,5,9H2,1H3. The number of benzene rings is 1. The highest BCUT2D eigenvalue weighted by molar-refractivity contribution is 9.11. The van der Waals surface area contributed by atoms with Crippen molar-refractivity contribution in [2.45, 2.75) is 25.8 Å². The van der Waals surface area contributed by atoms with Crippen LogP contribution in [-0.4, -0.2) is 11.5 Å². The lowest BCUT2D eigenvalue weighted by atomic mass is 10.0. The molecule has 0 aliphatic heterocycles. The van der Waals surface area contributed by atoms with E-state index >= 15 is 0 Å². The van der Waals surface area contributed by atoms with Crippen molar-refractivity contribution in [3.05, 3.63) is 49.3 Å². The third-order valence-corrected chi connectivity index (χ3v) is 4.85. The van der Waals surface area contributed by atoms with Gasteiger partial charge in [0.2, 0.25) is 0 Å². The Balaban J connectivity index is 2.23. The quantitative estimate of drug-likeness (QED) is 0.737. The van der Waals surface area contributed by atoms with Crippen LogP contribution < -0.4 is 5.32 Å². The van der Waals surface area contributed by atoms with Crippen LogP contribution in [0.3, 0.4) is 0 Å². The number of hydrogen-bond donors (Lipinski definition) is 1. The van der Waals surface area contributed by atoms with Crippen LogP contribution in [0.4, 0.5) is 0 Å². The lowest BCUT2D eigenvalue weighted by Crippen LogP contribution is -2.24. The van der Waals surface area contributed by atoms with Gasteiger partial charge in [-0.2, -0.15) is 0 Å². The van der Waals surface area contributed by atoms with Gasteiger partial charge in [0.05, 0.1) is 5.01 Å². The Bertz CT molecular complexity index is 514. The molecule has 1 aromatic heterocycles. The van der Waals surface area contributed by atoms with Gasteiger partial charge in [-0.3, -0.25) is 0 Å². The van der Waals surface area contributed by atoms with E-state index in [1.807, 2.05) is 17.6 Å². The summed E-state index contributed by atoms with van der Waals surface area (Å²) in [6, 6.07) is 6.60. The zero-order chi connectivity index (χ0) is 13.7. The summed E-state index contributed by atoms with van der Waals surface area (Å²) < 4.78 is 2.24. The second-order valence-corrected chi connectivity index (χ2v) is 7.05. The molecule has 1 heterocycles. The molecule has 5 heteroatoms. The maximum atomic E-state index is 4.39. The number of aromatic nitrogens is 1. The fourth-order valence-corrected chi connectivity index (χ4v) is 3.49. The highest BCUT2D eigenvalue weighted by atomic mass is 79.9. The van der Waals surface area contributed by atoms with Crippen LogP contribution in [0, 0.1) is 0 Å². The van der Waals surface area contributed by atoms with Gasteiger partial charge in [-0.05, 0) is 36.7 Å². The van der Waals surface area contributed by atoms with Crippen LogP contribution in [0.25, 0.3) is 0 Å². The lowest BCUT2D eigenvalue weighted by molar-refractivity contribution is 0.526. The van der Waals surface area contributed by atoms with Crippen molar-refractivity contribution >= 4 is 43.2 Å². The Morgan fingerprint density at radius 2 is 2.21 bits per heavy atom. The summed E-state index contributed by atoms with van der Waals surface area (Å²) in [4.78, 5) is 4.39. The van der Waals surface area contributed by atoms with E-state index < -0.39 is 0 Å². The highest BCUT2D eigenvalue weighted by Gasteiger charge is 2.16. The number of halogens is 2. The zero-order valence-electron chi connectivity index (χ0n) is 10.7. The first-order chi connectivity index (χ1) is 9.20. The molecular formula is C14H16Br2N2S. The van der Waals surface area contributed by atoms with E-state index in [4.69, 9.17) is 0 Å². The van der Waals surface area contributed by atoms with Gasteiger partial charge in [0.15, 0.2) is 0 Å². The maximum Gasteiger partial charge on any atom is 0.0943 e. The first kappa shape index (κ1) is 15.2. The molecule has 0 amide bonds. The van der Waals surface area contributed by atoms with Crippen molar-refractivity contribution in [3.63, 3.8) is 0 Å². The summed E-state index contributed by atoms with van der Waals surface area (Å²) in [7, 11) is 0. The molecule has 1 aromatic carbocycles. The summed E-state index contributed by atoms with van der Waals surface area (Å²) in [5, 5.41) is 6.80. The molecule has 0 bridgehead atoms. The first-order valence-corrected chi connectivity index (χ1v) is 8.74. The van der Waals surface area contributed by atoms with Crippen molar-refractivity contribution in [1.82, 2.24) is 10.3 Å². The molecule has 0 fully saturated rings. The van der Waals surface area contributed by atoms with Gasteiger partial charge in [0.25, 0.3) is 0 Å². The monoisotopic (exact) mass is 402 g/mol. The average Bonchev–Trinajstić information content (AvgIpc) is 2.90. The third kappa shape index (κ3) is 4.38. The molecule has 19 heavy (non-hydrogen) atoms. The SMILES string of the molecule is CCCNC(Cc1nccs1)c1cc(Br)ccc1Br. The molecule has 1 atom stereocenters. The van der Waals surface area contributed by atoms with Crippen LogP contribution in [0.1, 0.15) is 30.0 Å². The second-order valence-electron chi connectivity index (χ2n) is 4.30. The largest absolute Gasteiger partial charge is 0.310 e. The van der Waals surface area contributed by atoms with Crippen LogP contribution in [-0.2, 0) is 6.42 Å². The molecule has 1 N–H and O–H groups in total. The molecule has 102 valence electrons. The van der Waals surface area contributed by atoms with Gasteiger partial charge in [-0.1, -0.05) is 38.8 Å².